The van der Waals surface area contributed by atoms with Crippen LogP contribution in [0.15, 0.2) is 31.1 Å². The van der Waals surface area contributed by atoms with E-state index in [-0.39, 0.29) is 11.9 Å². The lowest BCUT2D eigenvalue weighted by atomic mass is 10.2. The van der Waals surface area contributed by atoms with Crippen molar-refractivity contribution < 1.29 is 4.79 Å². The fourth-order valence-corrected chi connectivity index (χ4v) is 2.51. The number of aromatic nitrogens is 4. The molecule has 21 heavy (non-hydrogen) atoms. The van der Waals surface area contributed by atoms with Gasteiger partial charge in [0.1, 0.15) is 12.1 Å². The van der Waals surface area contributed by atoms with Crippen LogP contribution < -0.4 is 10.2 Å². The predicted octanol–water partition coefficient (Wildman–Crippen LogP) is 0.785. The van der Waals surface area contributed by atoms with Gasteiger partial charge in [-0.3, -0.25) is 4.79 Å². The number of carbonyl (C=O) groups is 1. The number of hydrogen-bond acceptors (Lipinski definition) is 5. The molecular weight excluding hydrogens is 268 g/mol. The fourth-order valence-electron chi connectivity index (χ4n) is 2.51. The number of amides is 1. The average Bonchev–Trinajstić information content (AvgIpc) is 3.12. The molecule has 7 nitrogen and oxygen atoms in total. The Hall–Kier alpha value is -2.44. The summed E-state index contributed by atoms with van der Waals surface area (Å²) in [6.07, 6.45) is 5.50. The van der Waals surface area contributed by atoms with E-state index in [1.807, 2.05) is 12.1 Å². The van der Waals surface area contributed by atoms with Crippen LogP contribution in [-0.2, 0) is 4.79 Å². The summed E-state index contributed by atoms with van der Waals surface area (Å²) in [4.78, 5) is 13.9. The Labute approximate surface area is 122 Å². The van der Waals surface area contributed by atoms with Crippen molar-refractivity contribution in [2.75, 3.05) is 18.0 Å². The third kappa shape index (κ3) is 3.01. The van der Waals surface area contributed by atoms with Crippen LogP contribution in [0.5, 0.6) is 0 Å². The third-order valence-corrected chi connectivity index (χ3v) is 3.60. The van der Waals surface area contributed by atoms with Gasteiger partial charge in [-0.25, -0.2) is 0 Å². The maximum Gasteiger partial charge on any atom is 0.220 e. The second-order valence-electron chi connectivity index (χ2n) is 5.15. The Morgan fingerprint density at radius 2 is 2.43 bits per heavy atom. The lowest BCUT2D eigenvalue weighted by molar-refractivity contribution is -0.121. The first-order valence-corrected chi connectivity index (χ1v) is 7.08. The summed E-state index contributed by atoms with van der Waals surface area (Å²) < 4.78 is 1.66. The minimum absolute atomic E-state index is 0.0870. The minimum Gasteiger partial charge on any atom is -0.353 e. The zero-order valence-electron chi connectivity index (χ0n) is 11.8. The highest BCUT2D eigenvalue weighted by Gasteiger charge is 2.24. The van der Waals surface area contributed by atoms with Crippen LogP contribution in [0.2, 0.25) is 0 Å². The van der Waals surface area contributed by atoms with Crippen molar-refractivity contribution >= 4 is 17.4 Å². The monoisotopic (exact) mass is 286 g/mol. The van der Waals surface area contributed by atoms with Crippen LogP contribution in [0.4, 0.5) is 5.82 Å². The van der Waals surface area contributed by atoms with Gasteiger partial charge in [-0.1, -0.05) is 6.08 Å². The van der Waals surface area contributed by atoms with Gasteiger partial charge >= 0.3 is 0 Å². The average molecular weight is 286 g/mol. The first kappa shape index (κ1) is 13.5. The summed E-state index contributed by atoms with van der Waals surface area (Å²) in [6.45, 7) is 5.29. The Bertz CT molecular complexity index is 652. The Morgan fingerprint density at radius 3 is 3.29 bits per heavy atom. The fraction of sp³-hybridized carbons (Fsp3) is 0.429. The molecule has 3 rings (SSSR count). The summed E-state index contributed by atoms with van der Waals surface area (Å²) in [5, 5.41) is 15.3. The molecular formula is C14H18N6O. The maximum absolute atomic E-state index is 11.7. The highest BCUT2D eigenvalue weighted by molar-refractivity contribution is 5.76. The number of nitrogens with one attached hydrogen (secondary N) is 1. The van der Waals surface area contributed by atoms with E-state index in [1.54, 1.807) is 16.9 Å². The van der Waals surface area contributed by atoms with Crippen molar-refractivity contribution in [1.82, 2.24) is 25.1 Å². The molecule has 3 heterocycles. The molecule has 1 fully saturated rings. The predicted molar refractivity (Wildman–Crippen MR) is 79.0 cm³/mol. The molecule has 1 aliphatic rings. The number of hydrogen-bond donors (Lipinski definition) is 1. The summed E-state index contributed by atoms with van der Waals surface area (Å²) in [5.74, 6) is 0.967. The van der Waals surface area contributed by atoms with E-state index >= 15 is 0 Å². The van der Waals surface area contributed by atoms with E-state index < -0.39 is 0 Å². The van der Waals surface area contributed by atoms with E-state index in [9.17, 15) is 4.79 Å². The van der Waals surface area contributed by atoms with Gasteiger partial charge in [0.05, 0.1) is 0 Å². The van der Waals surface area contributed by atoms with E-state index in [2.05, 4.69) is 32.1 Å². The van der Waals surface area contributed by atoms with Crippen molar-refractivity contribution in [3.05, 3.63) is 31.1 Å². The number of fused-ring (bicyclic) bond motifs is 1. The molecule has 0 bridgehead atoms. The Morgan fingerprint density at radius 1 is 1.52 bits per heavy atom. The van der Waals surface area contributed by atoms with Crippen LogP contribution in [-0.4, -0.2) is 44.8 Å². The van der Waals surface area contributed by atoms with E-state index in [4.69, 9.17) is 0 Å². The molecule has 0 unspecified atom stereocenters. The van der Waals surface area contributed by atoms with Crippen molar-refractivity contribution in [3.63, 3.8) is 0 Å². The third-order valence-electron chi connectivity index (χ3n) is 3.60. The van der Waals surface area contributed by atoms with Gasteiger partial charge < -0.3 is 10.2 Å². The molecule has 7 heteroatoms. The van der Waals surface area contributed by atoms with Gasteiger partial charge in [-0.2, -0.15) is 4.52 Å². The quantitative estimate of drug-likeness (QED) is 0.822. The lowest BCUT2D eigenvalue weighted by Crippen LogP contribution is -2.37. The van der Waals surface area contributed by atoms with Gasteiger partial charge in [0, 0.05) is 25.6 Å². The van der Waals surface area contributed by atoms with E-state index in [0.29, 0.717) is 12.8 Å². The number of allylic oxidation sites excluding steroid dienone is 1. The molecule has 110 valence electrons. The van der Waals surface area contributed by atoms with Crippen molar-refractivity contribution in [2.24, 2.45) is 0 Å². The molecule has 1 saturated heterocycles. The molecule has 2 aromatic rings. The molecule has 1 aliphatic heterocycles. The van der Waals surface area contributed by atoms with Crippen LogP contribution in [0.1, 0.15) is 19.3 Å². The minimum atomic E-state index is 0.0870. The number of rotatable bonds is 5. The van der Waals surface area contributed by atoms with Gasteiger partial charge in [-0.05, 0) is 25.0 Å². The maximum atomic E-state index is 11.7. The summed E-state index contributed by atoms with van der Waals surface area (Å²) in [6, 6.07) is 4.01. The second kappa shape index (κ2) is 5.90. The highest BCUT2D eigenvalue weighted by Crippen LogP contribution is 2.18. The van der Waals surface area contributed by atoms with Gasteiger partial charge in [0.25, 0.3) is 0 Å². The molecule has 0 aromatic carbocycles. The molecule has 1 N–H and O–H groups in total. The standard InChI is InChI=1S/C14H18N6O/c1-2-3-4-14(21)16-11-7-8-19(9-11)13-6-5-12-17-15-10-20(12)18-13/h2,5-6,10-11H,1,3-4,7-9H2,(H,16,21)/t11-/m1/s1. The number of anilines is 1. The molecule has 2 aromatic heterocycles. The van der Waals surface area contributed by atoms with E-state index in [0.717, 1.165) is 31.0 Å². The summed E-state index contributed by atoms with van der Waals surface area (Å²) in [5.41, 5.74) is 0.729. The number of carbonyl (C=O) groups excluding carboxylic acids is 1. The van der Waals surface area contributed by atoms with Crippen LogP contribution >= 0.6 is 0 Å². The molecule has 1 amide bonds. The SMILES string of the molecule is C=CCCC(=O)N[C@@H]1CCN(c2ccc3nncn3n2)C1. The smallest absolute Gasteiger partial charge is 0.220 e. The van der Waals surface area contributed by atoms with Gasteiger partial charge in [0.2, 0.25) is 5.91 Å². The zero-order chi connectivity index (χ0) is 14.7. The van der Waals surface area contributed by atoms with Gasteiger partial charge in [0.15, 0.2) is 5.65 Å². The lowest BCUT2D eigenvalue weighted by Gasteiger charge is -2.17. The summed E-state index contributed by atoms with van der Waals surface area (Å²) in [7, 11) is 0. The van der Waals surface area contributed by atoms with Crippen LogP contribution in [0.3, 0.4) is 0 Å². The van der Waals surface area contributed by atoms with Crippen LogP contribution in [0.25, 0.3) is 5.65 Å². The normalized spacial score (nSPS) is 18.1. The van der Waals surface area contributed by atoms with Crippen LogP contribution in [0, 0.1) is 0 Å². The first-order chi connectivity index (χ1) is 10.3. The Balaban J connectivity index is 1.61. The number of nitrogens with zero attached hydrogens (tertiary/aromatic N) is 5. The molecule has 0 radical (unpaired) electrons. The summed E-state index contributed by atoms with van der Waals surface area (Å²) >= 11 is 0. The molecule has 1 atom stereocenters. The zero-order valence-corrected chi connectivity index (χ0v) is 11.8. The van der Waals surface area contributed by atoms with Crippen molar-refractivity contribution in [2.45, 2.75) is 25.3 Å². The highest BCUT2D eigenvalue weighted by atomic mass is 16.1. The van der Waals surface area contributed by atoms with E-state index in [1.165, 1.54) is 0 Å². The largest absolute Gasteiger partial charge is 0.353 e. The molecule has 0 aliphatic carbocycles. The van der Waals surface area contributed by atoms with Crippen molar-refractivity contribution in [1.29, 1.82) is 0 Å². The second-order valence-corrected chi connectivity index (χ2v) is 5.15. The Kier molecular flexibility index (Phi) is 3.81. The molecule has 0 saturated carbocycles. The topological polar surface area (TPSA) is 75.4 Å². The first-order valence-electron chi connectivity index (χ1n) is 7.08. The molecule has 0 spiro atoms. The van der Waals surface area contributed by atoms with Crippen molar-refractivity contribution in [3.8, 4) is 0 Å². The van der Waals surface area contributed by atoms with Gasteiger partial charge in [-0.15, -0.1) is 21.9 Å².